The molecule has 0 saturated heterocycles. The second kappa shape index (κ2) is 4.75. The predicted octanol–water partition coefficient (Wildman–Crippen LogP) is 3.92. The quantitative estimate of drug-likeness (QED) is 0.797. The molecular weight excluding hydrogens is 284 g/mol. The van der Waals surface area contributed by atoms with Crippen LogP contribution in [0.3, 0.4) is 0 Å². The third-order valence-corrected chi connectivity index (χ3v) is 4.97. The third kappa shape index (κ3) is 2.09. The highest BCUT2D eigenvalue weighted by atomic mass is 15.1. The maximum absolute atomic E-state index is 4.93. The van der Waals surface area contributed by atoms with Crippen LogP contribution in [0.25, 0.3) is 27.4 Å². The Bertz CT molecular complexity index is 989. The average Bonchev–Trinajstić information content (AvgIpc) is 3.07. The Balaban J connectivity index is 1.79. The second-order valence-corrected chi connectivity index (χ2v) is 6.65. The fourth-order valence-corrected chi connectivity index (χ4v) is 3.56. The number of aliphatic imine (C=N–C) groups is 1. The molecular formula is C19H18N4. The standard InChI is InChI=1S/C19H18N4/c1-11-14(6-7-20-11)18-9-13(8-12-2-3-12)19-15-10-21-23-16(15)4-5-17(19)22-18/h4-6,9-10,12H,2-3,7-8H2,1H3,(H,21,23). The third-order valence-electron chi connectivity index (χ3n) is 4.97. The van der Waals surface area contributed by atoms with Gasteiger partial charge in [-0.2, -0.15) is 5.10 Å². The molecule has 0 radical (unpaired) electrons. The summed E-state index contributed by atoms with van der Waals surface area (Å²) in [6.07, 6.45) is 7.95. The lowest BCUT2D eigenvalue weighted by Crippen LogP contribution is -2.00. The van der Waals surface area contributed by atoms with Crippen LogP contribution in [0.4, 0.5) is 0 Å². The van der Waals surface area contributed by atoms with E-state index in [0.717, 1.165) is 41.3 Å². The van der Waals surface area contributed by atoms with E-state index in [-0.39, 0.29) is 0 Å². The van der Waals surface area contributed by atoms with Crippen LogP contribution in [0.15, 0.2) is 35.5 Å². The Morgan fingerprint density at radius 2 is 2.17 bits per heavy atom. The number of pyridine rings is 1. The SMILES string of the molecule is CC1=NCC=C1c1cc(CC2CC2)c2c(ccc3[nH]ncc32)n1. The number of fused-ring (bicyclic) bond motifs is 3. The molecule has 23 heavy (non-hydrogen) atoms. The highest BCUT2D eigenvalue weighted by Gasteiger charge is 2.24. The molecule has 0 bridgehead atoms. The molecule has 5 rings (SSSR count). The van der Waals surface area contributed by atoms with Gasteiger partial charge >= 0.3 is 0 Å². The highest BCUT2D eigenvalue weighted by molar-refractivity contribution is 6.24. The summed E-state index contributed by atoms with van der Waals surface area (Å²) >= 11 is 0. The molecule has 1 aliphatic carbocycles. The highest BCUT2D eigenvalue weighted by Crippen LogP contribution is 2.37. The summed E-state index contributed by atoms with van der Waals surface area (Å²) in [6.45, 7) is 2.85. The summed E-state index contributed by atoms with van der Waals surface area (Å²) in [5.74, 6) is 0.836. The monoisotopic (exact) mass is 302 g/mol. The van der Waals surface area contributed by atoms with Gasteiger partial charge in [-0.25, -0.2) is 4.98 Å². The smallest absolute Gasteiger partial charge is 0.0727 e. The van der Waals surface area contributed by atoms with Crippen molar-refractivity contribution in [2.24, 2.45) is 10.9 Å². The molecule has 0 amide bonds. The van der Waals surface area contributed by atoms with Crippen LogP contribution in [0.1, 0.15) is 31.0 Å². The molecule has 4 heteroatoms. The van der Waals surface area contributed by atoms with E-state index >= 15 is 0 Å². The fraction of sp³-hybridized carbons (Fsp3) is 0.316. The lowest BCUT2D eigenvalue weighted by atomic mass is 9.97. The van der Waals surface area contributed by atoms with Crippen LogP contribution < -0.4 is 0 Å². The summed E-state index contributed by atoms with van der Waals surface area (Å²) < 4.78 is 0. The van der Waals surface area contributed by atoms with E-state index in [2.05, 4.69) is 46.4 Å². The van der Waals surface area contributed by atoms with Crippen LogP contribution >= 0.6 is 0 Å². The van der Waals surface area contributed by atoms with Crippen LogP contribution in [0, 0.1) is 5.92 Å². The molecule has 4 nitrogen and oxygen atoms in total. The van der Waals surface area contributed by atoms with Gasteiger partial charge in [-0.05, 0) is 55.9 Å². The van der Waals surface area contributed by atoms with Gasteiger partial charge in [0.15, 0.2) is 0 Å². The van der Waals surface area contributed by atoms with Crippen molar-refractivity contribution in [3.63, 3.8) is 0 Å². The first kappa shape index (κ1) is 13.0. The molecule has 3 aromatic rings. The van der Waals surface area contributed by atoms with Crippen molar-refractivity contribution >= 4 is 33.1 Å². The molecule has 0 atom stereocenters. The Labute approximate surface area is 134 Å². The van der Waals surface area contributed by atoms with E-state index in [1.807, 2.05) is 6.20 Å². The zero-order valence-corrected chi connectivity index (χ0v) is 13.1. The van der Waals surface area contributed by atoms with Crippen LogP contribution in [0.5, 0.6) is 0 Å². The first-order valence-electron chi connectivity index (χ1n) is 8.27. The first-order valence-corrected chi connectivity index (χ1v) is 8.27. The number of hydrogen-bond donors (Lipinski definition) is 1. The largest absolute Gasteiger partial charge is 0.285 e. The van der Waals surface area contributed by atoms with Gasteiger partial charge in [0.2, 0.25) is 0 Å². The second-order valence-electron chi connectivity index (χ2n) is 6.65. The first-order chi connectivity index (χ1) is 11.3. The lowest BCUT2D eigenvalue weighted by Gasteiger charge is -2.11. The fourth-order valence-electron chi connectivity index (χ4n) is 3.56. The van der Waals surface area contributed by atoms with Crippen molar-refractivity contribution in [1.82, 2.24) is 15.2 Å². The predicted molar refractivity (Wildman–Crippen MR) is 93.8 cm³/mol. The average molecular weight is 302 g/mol. The minimum absolute atomic E-state index is 0.777. The molecule has 114 valence electrons. The molecule has 1 N–H and O–H groups in total. The number of aromatic nitrogens is 3. The summed E-state index contributed by atoms with van der Waals surface area (Å²) in [5.41, 5.74) is 6.90. The lowest BCUT2D eigenvalue weighted by molar-refractivity contribution is 0.837. The molecule has 0 spiro atoms. The maximum Gasteiger partial charge on any atom is 0.0727 e. The minimum Gasteiger partial charge on any atom is -0.285 e. The number of H-pyrrole nitrogens is 1. The van der Waals surface area contributed by atoms with Gasteiger partial charge in [-0.1, -0.05) is 6.08 Å². The van der Waals surface area contributed by atoms with E-state index in [0.29, 0.717) is 0 Å². The van der Waals surface area contributed by atoms with Crippen molar-refractivity contribution in [2.75, 3.05) is 6.54 Å². The van der Waals surface area contributed by atoms with Crippen LogP contribution in [0.2, 0.25) is 0 Å². The van der Waals surface area contributed by atoms with Gasteiger partial charge in [0.25, 0.3) is 0 Å². The van der Waals surface area contributed by atoms with Crippen LogP contribution in [-0.4, -0.2) is 27.4 Å². The summed E-state index contributed by atoms with van der Waals surface area (Å²) in [7, 11) is 0. The van der Waals surface area contributed by atoms with E-state index in [4.69, 9.17) is 4.98 Å². The topological polar surface area (TPSA) is 53.9 Å². The van der Waals surface area contributed by atoms with E-state index in [1.165, 1.54) is 34.8 Å². The number of hydrogen-bond acceptors (Lipinski definition) is 3. The molecule has 2 aliphatic rings. The summed E-state index contributed by atoms with van der Waals surface area (Å²) in [5, 5.41) is 9.74. The minimum atomic E-state index is 0.777. The van der Waals surface area contributed by atoms with E-state index in [1.54, 1.807) is 0 Å². The molecule has 1 aromatic carbocycles. The van der Waals surface area contributed by atoms with Crippen molar-refractivity contribution in [3.05, 3.63) is 41.7 Å². The van der Waals surface area contributed by atoms with Gasteiger partial charge in [-0.15, -0.1) is 0 Å². The number of aromatic amines is 1. The normalized spacial score (nSPS) is 17.8. The number of rotatable bonds is 3. The van der Waals surface area contributed by atoms with Gasteiger partial charge in [0.05, 0.1) is 29.5 Å². The van der Waals surface area contributed by atoms with Gasteiger partial charge in [0, 0.05) is 22.1 Å². The van der Waals surface area contributed by atoms with Crippen molar-refractivity contribution < 1.29 is 0 Å². The van der Waals surface area contributed by atoms with E-state index < -0.39 is 0 Å². The number of allylic oxidation sites excluding steroid dienone is 1. The molecule has 2 aromatic heterocycles. The Kier molecular flexibility index (Phi) is 2.68. The molecule has 3 heterocycles. The Hall–Kier alpha value is -2.49. The number of benzene rings is 1. The van der Waals surface area contributed by atoms with Gasteiger partial charge in [0.1, 0.15) is 0 Å². The van der Waals surface area contributed by atoms with Crippen molar-refractivity contribution in [3.8, 4) is 0 Å². The number of nitrogens with zero attached hydrogens (tertiary/aromatic N) is 3. The van der Waals surface area contributed by atoms with Gasteiger partial charge < -0.3 is 0 Å². The Morgan fingerprint density at radius 1 is 1.26 bits per heavy atom. The zero-order valence-electron chi connectivity index (χ0n) is 13.1. The molecule has 1 aliphatic heterocycles. The summed E-state index contributed by atoms with van der Waals surface area (Å²) in [6, 6.07) is 6.47. The number of nitrogens with one attached hydrogen (secondary N) is 1. The molecule has 1 saturated carbocycles. The molecule has 0 unspecified atom stereocenters. The van der Waals surface area contributed by atoms with Crippen LogP contribution in [-0.2, 0) is 6.42 Å². The maximum atomic E-state index is 4.93. The van der Waals surface area contributed by atoms with Crippen molar-refractivity contribution in [1.29, 1.82) is 0 Å². The zero-order chi connectivity index (χ0) is 15.4. The van der Waals surface area contributed by atoms with Crippen molar-refractivity contribution in [2.45, 2.75) is 26.2 Å². The molecule has 1 fully saturated rings. The summed E-state index contributed by atoms with van der Waals surface area (Å²) in [4.78, 5) is 9.42. The van der Waals surface area contributed by atoms with E-state index in [9.17, 15) is 0 Å². The Morgan fingerprint density at radius 3 is 2.96 bits per heavy atom. The van der Waals surface area contributed by atoms with Gasteiger partial charge in [-0.3, -0.25) is 10.1 Å².